The van der Waals surface area contributed by atoms with E-state index in [-0.39, 0.29) is 11.5 Å². The number of aryl methyl sites for hydroxylation is 1. The first-order valence-corrected chi connectivity index (χ1v) is 6.94. The highest BCUT2D eigenvalue weighted by atomic mass is 16.5. The third-order valence-electron chi connectivity index (χ3n) is 4.04. The van der Waals surface area contributed by atoms with Gasteiger partial charge in [-0.2, -0.15) is 0 Å². The smallest absolute Gasteiger partial charge is 0.341 e. The Bertz CT molecular complexity index is 411. The summed E-state index contributed by atoms with van der Waals surface area (Å²) in [6.45, 7) is 8.98. The zero-order valence-corrected chi connectivity index (χ0v) is 12.6. The van der Waals surface area contributed by atoms with Gasteiger partial charge in [0.2, 0.25) is 0 Å². The van der Waals surface area contributed by atoms with Crippen LogP contribution in [0.4, 0.5) is 0 Å². The third-order valence-corrected chi connectivity index (χ3v) is 4.04. The van der Waals surface area contributed by atoms with Crippen LogP contribution in [0.3, 0.4) is 0 Å². The van der Waals surface area contributed by atoms with Crippen molar-refractivity contribution in [2.45, 2.75) is 59.0 Å². The minimum Gasteiger partial charge on any atom is -0.465 e. The lowest BCUT2D eigenvalue weighted by Crippen LogP contribution is -2.42. The summed E-state index contributed by atoms with van der Waals surface area (Å²) in [7, 11) is 1.38. The predicted octanol–water partition coefficient (Wildman–Crippen LogP) is 3.43. The number of nitrogens with one attached hydrogen (secondary N) is 1. The van der Waals surface area contributed by atoms with Gasteiger partial charge < -0.3 is 14.5 Å². The summed E-state index contributed by atoms with van der Waals surface area (Å²) in [6, 6.07) is 1.76. The van der Waals surface area contributed by atoms with Crippen LogP contribution in [0.5, 0.6) is 0 Å². The molecule has 0 radical (unpaired) electrons. The number of hydrogen-bond donors (Lipinski definition) is 1. The van der Waals surface area contributed by atoms with Crippen molar-refractivity contribution in [3.8, 4) is 0 Å². The lowest BCUT2D eigenvalue weighted by Gasteiger charge is -2.31. The molecule has 1 aromatic rings. The lowest BCUT2D eigenvalue weighted by molar-refractivity contribution is 0.0599. The van der Waals surface area contributed by atoms with Crippen molar-refractivity contribution in [3.63, 3.8) is 0 Å². The molecule has 0 saturated heterocycles. The van der Waals surface area contributed by atoms with Crippen molar-refractivity contribution in [1.82, 2.24) is 5.32 Å². The fourth-order valence-corrected chi connectivity index (χ4v) is 2.34. The van der Waals surface area contributed by atoms with Crippen LogP contribution in [0.1, 0.15) is 61.9 Å². The van der Waals surface area contributed by atoms with Crippen molar-refractivity contribution in [3.05, 3.63) is 23.2 Å². The van der Waals surface area contributed by atoms with Gasteiger partial charge in [0.15, 0.2) is 0 Å². The summed E-state index contributed by atoms with van der Waals surface area (Å²) in [5.74, 6) is 1.04. The highest BCUT2D eigenvalue weighted by molar-refractivity contribution is 5.90. The van der Waals surface area contributed by atoms with Crippen molar-refractivity contribution >= 4 is 5.97 Å². The Morgan fingerprint density at radius 2 is 1.89 bits per heavy atom. The van der Waals surface area contributed by atoms with Gasteiger partial charge in [0.1, 0.15) is 17.1 Å². The fourth-order valence-electron chi connectivity index (χ4n) is 2.34. The molecule has 0 bridgehead atoms. The van der Waals surface area contributed by atoms with E-state index in [1.54, 1.807) is 13.0 Å². The molecule has 0 aliphatic carbocycles. The third kappa shape index (κ3) is 3.60. The van der Waals surface area contributed by atoms with Crippen LogP contribution < -0.4 is 5.32 Å². The first-order chi connectivity index (χ1) is 9.01. The molecule has 0 fully saturated rings. The first-order valence-electron chi connectivity index (χ1n) is 6.94. The van der Waals surface area contributed by atoms with Gasteiger partial charge in [0.05, 0.1) is 13.7 Å². The fraction of sp³-hybridized carbons (Fsp3) is 0.667. The average Bonchev–Trinajstić information content (AvgIpc) is 2.81. The molecule has 1 aromatic heterocycles. The number of carbonyl (C=O) groups is 1. The standard InChI is InChI=1S/C15H25NO3/c1-6-15(7-2,8-3)16-10-12-9-13(11(4)19-12)14(17)18-5/h9,16H,6-8,10H2,1-5H3. The van der Waals surface area contributed by atoms with Crippen molar-refractivity contribution in [2.75, 3.05) is 7.11 Å². The SMILES string of the molecule is CCC(CC)(CC)NCc1cc(C(=O)OC)c(C)o1. The van der Waals surface area contributed by atoms with Gasteiger partial charge in [-0.3, -0.25) is 0 Å². The molecule has 1 rings (SSSR count). The zero-order valence-electron chi connectivity index (χ0n) is 12.6. The largest absolute Gasteiger partial charge is 0.465 e. The van der Waals surface area contributed by atoms with E-state index in [0.29, 0.717) is 17.9 Å². The van der Waals surface area contributed by atoms with Crippen molar-refractivity contribution < 1.29 is 13.9 Å². The summed E-state index contributed by atoms with van der Waals surface area (Å²) in [6.07, 6.45) is 3.22. The molecule has 0 aliphatic rings. The molecule has 0 unspecified atom stereocenters. The van der Waals surface area contributed by atoms with E-state index in [1.165, 1.54) is 7.11 Å². The Kier molecular flexibility index (Phi) is 5.60. The first kappa shape index (κ1) is 15.8. The topological polar surface area (TPSA) is 51.5 Å². The van der Waals surface area contributed by atoms with E-state index >= 15 is 0 Å². The Hall–Kier alpha value is -1.29. The molecule has 108 valence electrons. The number of methoxy groups -OCH3 is 1. The number of rotatable bonds is 7. The number of hydrogen-bond acceptors (Lipinski definition) is 4. The second-order valence-electron chi connectivity index (χ2n) is 4.87. The maximum Gasteiger partial charge on any atom is 0.341 e. The van der Waals surface area contributed by atoms with Crippen molar-refractivity contribution in [2.24, 2.45) is 0 Å². The average molecular weight is 267 g/mol. The van der Waals surface area contributed by atoms with E-state index in [9.17, 15) is 4.79 Å². The maximum atomic E-state index is 11.5. The van der Waals surface area contributed by atoms with Crippen LogP contribution in [0.15, 0.2) is 10.5 Å². The van der Waals surface area contributed by atoms with Gasteiger partial charge in [-0.15, -0.1) is 0 Å². The van der Waals surface area contributed by atoms with Gasteiger partial charge in [-0.05, 0) is 32.3 Å². The van der Waals surface area contributed by atoms with Crippen LogP contribution in [-0.4, -0.2) is 18.6 Å². The summed E-state index contributed by atoms with van der Waals surface area (Å²) in [4.78, 5) is 11.5. The van der Waals surface area contributed by atoms with Gasteiger partial charge in [-0.25, -0.2) is 4.79 Å². The second-order valence-corrected chi connectivity index (χ2v) is 4.87. The predicted molar refractivity (Wildman–Crippen MR) is 75.2 cm³/mol. The van der Waals surface area contributed by atoms with Crippen LogP contribution in [0.25, 0.3) is 0 Å². The van der Waals surface area contributed by atoms with E-state index in [1.807, 2.05) is 0 Å². The highest BCUT2D eigenvalue weighted by Crippen LogP contribution is 2.21. The van der Waals surface area contributed by atoms with E-state index in [0.717, 1.165) is 25.0 Å². The van der Waals surface area contributed by atoms with Crippen LogP contribution in [-0.2, 0) is 11.3 Å². The molecule has 19 heavy (non-hydrogen) atoms. The number of carbonyl (C=O) groups excluding carboxylic acids is 1. The van der Waals surface area contributed by atoms with Crippen molar-refractivity contribution in [1.29, 1.82) is 0 Å². The Morgan fingerprint density at radius 1 is 1.32 bits per heavy atom. The molecule has 0 spiro atoms. The van der Waals surface area contributed by atoms with Gasteiger partial charge in [0, 0.05) is 5.54 Å². The molecule has 0 aromatic carbocycles. The minimum atomic E-state index is -0.347. The monoisotopic (exact) mass is 267 g/mol. The van der Waals surface area contributed by atoms with E-state index < -0.39 is 0 Å². The number of ether oxygens (including phenoxy) is 1. The van der Waals surface area contributed by atoms with Gasteiger partial charge >= 0.3 is 5.97 Å². The van der Waals surface area contributed by atoms with E-state index in [4.69, 9.17) is 9.15 Å². The molecular formula is C15H25NO3. The molecule has 0 atom stereocenters. The molecule has 4 nitrogen and oxygen atoms in total. The summed E-state index contributed by atoms with van der Waals surface area (Å²) >= 11 is 0. The molecular weight excluding hydrogens is 242 g/mol. The molecule has 0 amide bonds. The Labute approximate surface area is 115 Å². The van der Waals surface area contributed by atoms with Crippen LogP contribution in [0.2, 0.25) is 0 Å². The molecule has 0 saturated carbocycles. The summed E-state index contributed by atoms with van der Waals surface area (Å²) in [5, 5.41) is 3.55. The minimum absolute atomic E-state index is 0.145. The zero-order chi connectivity index (χ0) is 14.5. The Balaban J connectivity index is 2.76. The van der Waals surface area contributed by atoms with Gasteiger partial charge in [-0.1, -0.05) is 20.8 Å². The van der Waals surface area contributed by atoms with Gasteiger partial charge in [0.25, 0.3) is 0 Å². The van der Waals surface area contributed by atoms with Crippen LogP contribution >= 0.6 is 0 Å². The summed E-state index contributed by atoms with van der Waals surface area (Å²) in [5.41, 5.74) is 0.654. The quantitative estimate of drug-likeness (QED) is 0.769. The maximum absolute atomic E-state index is 11.5. The highest BCUT2D eigenvalue weighted by Gasteiger charge is 2.24. The number of furan rings is 1. The lowest BCUT2D eigenvalue weighted by atomic mass is 9.90. The number of esters is 1. The Morgan fingerprint density at radius 3 is 2.37 bits per heavy atom. The molecule has 4 heteroatoms. The molecule has 0 aliphatic heterocycles. The molecule has 1 N–H and O–H groups in total. The molecule has 1 heterocycles. The van der Waals surface area contributed by atoms with E-state index in [2.05, 4.69) is 26.1 Å². The second kappa shape index (κ2) is 6.75. The summed E-state index contributed by atoms with van der Waals surface area (Å²) < 4.78 is 10.3. The van der Waals surface area contributed by atoms with Crippen LogP contribution in [0, 0.1) is 6.92 Å². The normalized spacial score (nSPS) is 11.6.